The van der Waals surface area contributed by atoms with E-state index in [1.54, 1.807) is 38.1 Å². The van der Waals surface area contributed by atoms with Crippen molar-refractivity contribution in [2.24, 2.45) is 0 Å². The van der Waals surface area contributed by atoms with Crippen molar-refractivity contribution in [2.75, 3.05) is 32.8 Å². The number of aryl methyl sites for hydroxylation is 3. The quantitative estimate of drug-likeness (QED) is 0.216. The summed E-state index contributed by atoms with van der Waals surface area (Å²) in [5, 5.41) is 2.61. The van der Waals surface area contributed by atoms with E-state index >= 15 is 0 Å². The van der Waals surface area contributed by atoms with Crippen LogP contribution in [0.4, 0.5) is 0 Å². The Morgan fingerprint density at radius 1 is 0.795 bits per heavy atom. The lowest BCUT2D eigenvalue weighted by Gasteiger charge is -2.13. The van der Waals surface area contributed by atoms with Crippen LogP contribution in [-0.4, -0.2) is 66.5 Å². The molecule has 0 saturated heterocycles. The van der Waals surface area contributed by atoms with Gasteiger partial charge in [0.1, 0.15) is 0 Å². The van der Waals surface area contributed by atoms with Gasteiger partial charge in [0.25, 0.3) is 11.8 Å². The number of aromatic nitrogens is 1. The number of esters is 2. The lowest BCUT2D eigenvalue weighted by atomic mass is 10.0. The predicted molar refractivity (Wildman–Crippen MR) is 148 cm³/mol. The molecule has 3 rings (SSSR count). The maximum Gasteiger partial charge on any atom is 0.319 e. The van der Waals surface area contributed by atoms with Crippen LogP contribution in [0.2, 0.25) is 0 Å². The van der Waals surface area contributed by atoms with Gasteiger partial charge in [0, 0.05) is 17.9 Å². The molecule has 0 spiro atoms. The van der Waals surface area contributed by atoms with Crippen molar-refractivity contribution in [2.45, 2.75) is 66.2 Å². The summed E-state index contributed by atoms with van der Waals surface area (Å²) < 4.78 is 9.26. The molecule has 0 bridgehead atoms. The highest BCUT2D eigenvalue weighted by Crippen LogP contribution is 2.23. The molecule has 1 aromatic heterocycles. The number of imide groups is 1. The number of benzene rings is 1. The third kappa shape index (κ3) is 11.0. The van der Waals surface area contributed by atoms with Crippen LogP contribution in [0.25, 0.3) is 0 Å². The fraction of sp³-hybridized carbons (Fsp3) is 0.500. The van der Waals surface area contributed by atoms with Gasteiger partial charge < -0.3 is 9.47 Å². The van der Waals surface area contributed by atoms with E-state index in [9.17, 15) is 19.2 Å². The number of nitrogens with zero attached hydrogens (tertiary/aromatic N) is 2. The van der Waals surface area contributed by atoms with Crippen molar-refractivity contribution in [3.8, 4) is 0 Å². The summed E-state index contributed by atoms with van der Waals surface area (Å²) in [4.78, 5) is 51.9. The first-order valence-electron chi connectivity index (χ1n) is 13.7. The van der Waals surface area contributed by atoms with Crippen LogP contribution in [0.3, 0.4) is 0 Å². The molecular formula is C30H41N3O6. The van der Waals surface area contributed by atoms with Gasteiger partial charge in [0.2, 0.25) is 0 Å². The van der Waals surface area contributed by atoms with Gasteiger partial charge in [0.15, 0.2) is 0 Å². The molecule has 2 aromatic rings. The molecule has 1 N–H and O–H groups in total. The Kier molecular flexibility index (Phi) is 13.9. The van der Waals surface area contributed by atoms with E-state index in [-0.39, 0.29) is 36.8 Å². The number of fused-ring (bicyclic) bond motifs is 1. The van der Waals surface area contributed by atoms with E-state index in [2.05, 4.69) is 31.9 Å². The number of hydrogen-bond donors (Lipinski definition) is 1. The number of hydrogen-bond acceptors (Lipinski definition) is 8. The Balaban J connectivity index is 0.000000349. The second-order valence-electron chi connectivity index (χ2n) is 9.30. The number of ether oxygens (including phenoxy) is 2. The molecule has 9 heteroatoms. The zero-order valence-corrected chi connectivity index (χ0v) is 23.6. The predicted octanol–water partition coefficient (Wildman–Crippen LogP) is 4.19. The first-order valence-corrected chi connectivity index (χ1v) is 13.7. The number of carbonyl (C=O) groups excluding carboxylic acids is 4. The first kappa shape index (κ1) is 31.6. The Morgan fingerprint density at radius 2 is 1.28 bits per heavy atom. The smallest absolute Gasteiger partial charge is 0.319 e. The lowest BCUT2D eigenvalue weighted by Crippen LogP contribution is -2.30. The largest absolute Gasteiger partial charge is 0.465 e. The minimum atomic E-state index is -0.369. The zero-order valence-electron chi connectivity index (χ0n) is 23.6. The minimum absolute atomic E-state index is 0.0344. The summed E-state index contributed by atoms with van der Waals surface area (Å²) in [6, 6.07) is 11.4. The molecule has 2 heterocycles. The van der Waals surface area contributed by atoms with Crippen LogP contribution in [0.15, 0.2) is 36.4 Å². The lowest BCUT2D eigenvalue weighted by molar-refractivity contribution is -0.143. The maximum absolute atomic E-state index is 12.3. The van der Waals surface area contributed by atoms with Crippen molar-refractivity contribution in [1.29, 1.82) is 0 Å². The molecule has 0 saturated carbocycles. The van der Waals surface area contributed by atoms with Crippen LogP contribution in [0.1, 0.15) is 83.6 Å². The average molecular weight is 540 g/mol. The molecule has 0 aliphatic carbocycles. The van der Waals surface area contributed by atoms with Crippen molar-refractivity contribution in [3.05, 3.63) is 64.5 Å². The molecule has 0 radical (unpaired) electrons. The SMILES string of the molecule is CCOC(=O)CNCC(=O)OCC.Cc1cc(CCCCCCCN2C(=O)c3ccccc3C2=O)cc(C)n1. The molecule has 0 atom stereocenters. The average Bonchev–Trinajstić information content (AvgIpc) is 3.13. The van der Waals surface area contributed by atoms with Crippen molar-refractivity contribution < 1.29 is 28.7 Å². The molecule has 1 aliphatic heterocycles. The van der Waals surface area contributed by atoms with Gasteiger partial charge in [-0.1, -0.05) is 31.4 Å². The Morgan fingerprint density at radius 3 is 1.79 bits per heavy atom. The van der Waals surface area contributed by atoms with E-state index in [1.807, 2.05) is 13.8 Å². The normalized spacial score (nSPS) is 12.1. The molecule has 1 aliphatic rings. The van der Waals surface area contributed by atoms with Gasteiger partial charge in [-0.3, -0.25) is 34.4 Å². The highest BCUT2D eigenvalue weighted by molar-refractivity contribution is 6.21. The Labute approximate surface area is 231 Å². The second kappa shape index (κ2) is 17.1. The van der Waals surface area contributed by atoms with Gasteiger partial charge >= 0.3 is 11.9 Å². The van der Waals surface area contributed by atoms with Crippen molar-refractivity contribution >= 4 is 23.8 Å². The van der Waals surface area contributed by atoms with Gasteiger partial charge in [-0.05, 0) is 76.8 Å². The number of unbranched alkanes of at least 4 members (excludes halogenated alkanes) is 4. The summed E-state index contributed by atoms with van der Waals surface area (Å²) in [5.74, 6) is -1.03. The summed E-state index contributed by atoms with van der Waals surface area (Å²) in [6.07, 6.45) is 6.47. The fourth-order valence-electron chi connectivity index (χ4n) is 4.33. The number of nitrogens with one attached hydrogen (secondary N) is 1. The molecule has 0 fully saturated rings. The van der Waals surface area contributed by atoms with Gasteiger partial charge in [0.05, 0.1) is 37.4 Å². The van der Waals surface area contributed by atoms with Gasteiger partial charge in [-0.15, -0.1) is 0 Å². The molecule has 1 aromatic carbocycles. The van der Waals surface area contributed by atoms with E-state index in [0.29, 0.717) is 30.9 Å². The fourth-order valence-corrected chi connectivity index (χ4v) is 4.33. The molecule has 39 heavy (non-hydrogen) atoms. The van der Waals surface area contributed by atoms with Crippen LogP contribution < -0.4 is 5.32 Å². The first-order chi connectivity index (χ1) is 18.8. The third-order valence-electron chi connectivity index (χ3n) is 6.02. The van der Waals surface area contributed by atoms with E-state index < -0.39 is 0 Å². The topological polar surface area (TPSA) is 115 Å². The van der Waals surface area contributed by atoms with E-state index in [0.717, 1.165) is 43.5 Å². The second-order valence-corrected chi connectivity index (χ2v) is 9.30. The Hall–Kier alpha value is -3.59. The minimum Gasteiger partial charge on any atom is -0.465 e. The number of pyridine rings is 1. The monoisotopic (exact) mass is 539 g/mol. The molecule has 0 unspecified atom stereocenters. The van der Waals surface area contributed by atoms with Gasteiger partial charge in [-0.2, -0.15) is 0 Å². The summed E-state index contributed by atoms with van der Waals surface area (Å²) in [6.45, 7) is 8.81. The van der Waals surface area contributed by atoms with Crippen molar-refractivity contribution in [3.63, 3.8) is 0 Å². The number of rotatable bonds is 14. The summed E-state index contributed by atoms with van der Waals surface area (Å²) >= 11 is 0. The van der Waals surface area contributed by atoms with E-state index in [1.165, 1.54) is 16.9 Å². The highest BCUT2D eigenvalue weighted by atomic mass is 16.5. The Bertz CT molecular complexity index is 1040. The standard InChI is InChI=1S/C22H26N2O2.C8H15NO4/c1-16-14-18(15-17(2)23-16)10-6-4-3-5-9-13-24-21(25)19-11-7-8-12-20(19)22(24)26;1-3-12-7(10)5-9-6-8(11)13-4-2/h7-8,11-12,14-15H,3-6,9-10,13H2,1-2H3;9H,3-6H2,1-2H3. The zero-order chi connectivity index (χ0) is 28.6. The molecule has 9 nitrogen and oxygen atoms in total. The third-order valence-corrected chi connectivity index (χ3v) is 6.02. The van der Waals surface area contributed by atoms with Crippen LogP contribution in [0, 0.1) is 13.8 Å². The number of amides is 2. The molecular weight excluding hydrogens is 498 g/mol. The van der Waals surface area contributed by atoms with Crippen LogP contribution in [-0.2, 0) is 25.5 Å². The molecule has 2 amide bonds. The summed E-state index contributed by atoms with van der Waals surface area (Å²) in [7, 11) is 0. The van der Waals surface area contributed by atoms with Gasteiger partial charge in [-0.25, -0.2) is 0 Å². The van der Waals surface area contributed by atoms with Crippen LogP contribution in [0.5, 0.6) is 0 Å². The van der Waals surface area contributed by atoms with Crippen molar-refractivity contribution in [1.82, 2.24) is 15.2 Å². The summed E-state index contributed by atoms with van der Waals surface area (Å²) in [5.41, 5.74) is 4.61. The number of carbonyl (C=O) groups is 4. The van der Waals surface area contributed by atoms with E-state index in [4.69, 9.17) is 0 Å². The highest BCUT2D eigenvalue weighted by Gasteiger charge is 2.34. The molecule has 212 valence electrons. The maximum atomic E-state index is 12.3. The van der Waals surface area contributed by atoms with Crippen LogP contribution >= 0.6 is 0 Å².